The van der Waals surface area contributed by atoms with Crippen molar-refractivity contribution >= 4 is 5.69 Å². The Labute approximate surface area is 124 Å². The van der Waals surface area contributed by atoms with Gasteiger partial charge in [-0.05, 0) is 53.3 Å². The lowest BCUT2D eigenvalue weighted by Crippen LogP contribution is -2.12. The van der Waals surface area contributed by atoms with Crippen molar-refractivity contribution in [3.63, 3.8) is 0 Å². The maximum atomic E-state index is 5.98. The molecule has 1 atom stereocenters. The minimum Gasteiger partial charge on any atom is -0.495 e. The smallest absolute Gasteiger partial charge is 0.182 e. The molecule has 0 aliphatic heterocycles. The normalized spacial score (nSPS) is 20.6. The van der Waals surface area contributed by atoms with Gasteiger partial charge in [-0.1, -0.05) is 13.8 Å². The van der Waals surface area contributed by atoms with Gasteiger partial charge in [-0.15, -0.1) is 5.10 Å². The number of anilines is 1. The van der Waals surface area contributed by atoms with Crippen LogP contribution in [0.15, 0.2) is 18.2 Å². The van der Waals surface area contributed by atoms with Crippen molar-refractivity contribution in [1.82, 2.24) is 20.2 Å². The van der Waals surface area contributed by atoms with Gasteiger partial charge in [-0.25, -0.2) is 4.68 Å². The molecule has 2 N–H and O–H groups in total. The second kappa shape index (κ2) is 5.02. The number of methoxy groups -OCH3 is 1. The predicted octanol–water partition coefficient (Wildman–Crippen LogP) is 2.68. The van der Waals surface area contributed by atoms with E-state index in [1.165, 1.54) is 6.42 Å². The van der Waals surface area contributed by atoms with Crippen molar-refractivity contribution in [3.05, 3.63) is 18.2 Å². The van der Waals surface area contributed by atoms with E-state index in [0.29, 0.717) is 22.9 Å². The van der Waals surface area contributed by atoms with Gasteiger partial charge in [0.1, 0.15) is 5.75 Å². The van der Waals surface area contributed by atoms with Crippen LogP contribution in [-0.2, 0) is 0 Å². The van der Waals surface area contributed by atoms with Crippen LogP contribution < -0.4 is 10.5 Å². The first-order chi connectivity index (χ1) is 10.00. The monoisotopic (exact) mass is 287 g/mol. The van der Waals surface area contributed by atoms with Gasteiger partial charge in [-0.3, -0.25) is 0 Å². The summed E-state index contributed by atoms with van der Waals surface area (Å²) in [4.78, 5) is 0. The largest absolute Gasteiger partial charge is 0.495 e. The minimum atomic E-state index is 0.354. The quantitative estimate of drug-likeness (QED) is 0.878. The summed E-state index contributed by atoms with van der Waals surface area (Å²) in [6, 6.07) is 6.01. The Bertz CT molecular complexity index is 649. The summed E-state index contributed by atoms with van der Waals surface area (Å²) in [6.45, 7) is 4.59. The van der Waals surface area contributed by atoms with Gasteiger partial charge < -0.3 is 10.5 Å². The fourth-order valence-electron chi connectivity index (χ4n) is 3.11. The Hall–Kier alpha value is -2.11. The zero-order valence-electron chi connectivity index (χ0n) is 12.7. The van der Waals surface area contributed by atoms with E-state index < -0.39 is 0 Å². The second-order valence-electron chi connectivity index (χ2n) is 6.46. The molecule has 1 fully saturated rings. The molecule has 0 spiro atoms. The molecular weight excluding hydrogens is 266 g/mol. The van der Waals surface area contributed by atoms with E-state index in [0.717, 1.165) is 24.2 Å². The molecule has 0 amide bonds. The van der Waals surface area contributed by atoms with Gasteiger partial charge in [0.25, 0.3) is 0 Å². The summed E-state index contributed by atoms with van der Waals surface area (Å²) in [5.41, 5.74) is 7.85. The summed E-state index contributed by atoms with van der Waals surface area (Å²) in [5, 5.41) is 12.2. The molecule has 6 heteroatoms. The van der Waals surface area contributed by atoms with Crippen LogP contribution in [0.25, 0.3) is 11.4 Å². The molecule has 21 heavy (non-hydrogen) atoms. The highest BCUT2D eigenvalue weighted by Gasteiger charge is 2.34. The van der Waals surface area contributed by atoms with Gasteiger partial charge in [0.15, 0.2) is 5.82 Å². The van der Waals surface area contributed by atoms with Crippen molar-refractivity contribution in [2.45, 2.75) is 39.2 Å². The molecule has 0 bridgehead atoms. The Kier molecular flexibility index (Phi) is 3.31. The lowest BCUT2D eigenvalue weighted by molar-refractivity contribution is 0.349. The third-order valence-corrected chi connectivity index (χ3v) is 4.27. The molecule has 0 saturated heterocycles. The van der Waals surface area contributed by atoms with Crippen LogP contribution in [0.5, 0.6) is 5.75 Å². The third kappa shape index (κ3) is 2.57. The highest BCUT2D eigenvalue weighted by molar-refractivity contribution is 5.66. The molecule has 1 aromatic carbocycles. The van der Waals surface area contributed by atoms with E-state index >= 15 is 0 Å². The number of nitrogens with zero attached hydrogens (tertiary/aromatic N) is 4. The fraction of sp³-hybridized carbons (Fsp3) is 0.533. The van der Waals surface area contributed by atoms with E-state index in [-0.39, 0.29) is 0 Å². The number of nitrogens with two attached hydrogens (primary N) is 1. The molecule has 1 unspecified atom stereocenters. The molecule has 1 aliphatic rings. The van der Waals surface area contributed by atoms with E-state index in [9.17, 15) is 0 Å². The van der Waals surface area contributed by atoms with Crippen LogP contribution in [-0.4, -0.2) is 27.3 Å². The van der Waals surface area contributed by atoms with Gasteiger partial charge in [0, 0.05) is 5.56 Å². The minimum absolute atomic E-state index is 0.354. The van der Waals surface area contributed by atoms with Crippen molar-refractivity contribution in [2.75, 3.05) is 12.8 Å². The van der Waals surface area contributed by atoms with Crippen molar-refractivity contribution in [1.29, 1.82) is 0 Å². The van der Waals surface area contributed by atoms with Gasteiger partial charge in [-0.2, -0.15) is 0 Å². The van der Waals surface area contributed by atoms with Crippen LogP contribution in [0.2, 0.25) is 0 Å². The van der Waals surface area contributed by atoms with Crippen LogP contribution in [0.3, 0.4) is 0 Å². The number of benzene rings is 1. The molecule has 1 saturated carbocycles. The first-order valence-corrected chi connectivity index (χ1v) is 7.22. The Morgan fingerprint density at radius 1 is 1.38 bits per heavy atom. The predicted molar refractivity (Wildman–Crippen MR) is 80.9 cm³/mol. The number of rotatable bonds is 3. The molecule has 6 nitrogen and oxygen atoms in total. The Morgan fingerprint density at radius 3 is 2.81 bits per heavy atom. The lowest BCUT2D eigenvalue weighted by Gasteiger charge is -2.17. The Balaban J connectivity index is 1.94. The van der Waals surface area contributed by atoms with Crippen molar-refractivity contribution < 1.29 is 4.74 Å². The first kappa shape index (κ1) is 13.9. The highest BCUT2D eigenvalue weighted by Crippen LogP contribution is 2.44. The second-order valence-corrected chi connectivity index (χ2v) is 6.46. The number of hydrogen-bond donors (Lipinski definition) is 1. The third-order valence-electron chi connectivity index (χ3n) is 4.27. The van der Waals surface area contributed by atoms with E-state index in [1.807, 2.05) is 22.9 Å². The number of aromatic nitrogens is 4. The van der Waals surface area contributed by atoms with Crippen LogP contribution in [0, 0.1) is 5.41 Å². The number of tetrazole rings is 1. The summed E-state index contributed by atoms with van der Waals surface area (Å²) < 4.78 is 7.13. The summed E-state index contributed by atoms with van der Waals surface area (Å²) in [7, 11) is 1.61. The van der Waals surface area contributed by atoms with Crippen molar-refractivity contribution in [2.24, 2.45) is 5.41 Å². The highest BCUT2D eigenvalue weighted by atomic mass is 16.5. The molecule has 0 radical (unpaired) electrons. The molecule has 2 aromatic rings. The van der Waals surface area contributed by atoms with Crippen LogP contribution >= 0.6 is 0 Å². The Morgan fingerprint density at radius 2 is 2.19 bits per heavy atom. The average Bonchev–Trinajstić information content (AvgIpc) is 3.04. The van der Waals surface area contributed by atoms with E-state index in [2.05, 4.69) is 29.4 Å². The maximum Gasteiger partial charge on any atom is 0.182 e. The van der Waals surface area contributed by atoms with Crippen LogP contribution in [0.4, 0.5) is 5.69 Å². The summed E-state index contributed by atoms with van der Waals surface area (Å²) >= 11 is 0. The lowest BCUT2D eigenvalue weighted by atomic mass is 9.92. The maximum absolute atomic E-state index is 5.98. The summed E-state index contributed by atoms with van der Waals surface area (Å²) in [5.74, 6) is 1.44. The fourth-order valence-corrected chi connectivity index (χ4v) is 3.11. The zero-order valence-corrected chi connectivity index (χ0v) is 12.7. The van der Waals surface area contributed by atoms with Crippen LogP contribution in [0.1, 0.15) is 39.2 Å². The van der Waals surface area contributed by atoms with Gasteiger partial charge in [0.2, 0.25) is 0 Å². The average molecular weight is 287 g/mol. The zero-order chi connectivity index (χ0) is 15.0. The summed E-state index contributed by atoms with van der Waals surface area (Å²) in [6.07, 6.45) is 3.40. The topological polar surface area (TPSA) is 78.9 Å². The standard InChI is InChI=1S/C15H21N5O/c1-15(2)7-6-11(9-15)20-14(17-18-19-20)10-4-5-13(21-3)12(16)8-10/h4-5,8,11H,6-7,9,16H2,1-3H3. The SMILES string of the molecule is COc1ccc(-c2nnnn2C2CCC(C)(C)C2)cc1N. The van der Waals surface area contributed by atoms with Gasteiger partial charge >= 0.3 is 0 Å². The molecule has 112 valence electrons. The number of nitrogen functional groups attached to an aromatic ring is 1. The van der Waals surface area contributed by atoms with E-state index in [1.54, 1.807) is 7.11 Å². The molecule has 1 aromatic heterocycles. The van der Waals surface area contributed by atoms with E-state index in [4.69, 9.17) is 10.5 Å². The van der Waals surface area contributed by atoms with Crippen molar-refractivity contribution in [3.8, 4) is 17.1 Å². The number of ether oxygens (including phenoxy) is 1. The molecule has 3 rings (SSSR count). The number of hydrogen-bond acceptors (Lipinski definition) is 5. The molecule has 1 heterocycles. The molecule has 1 aliphatic carbocycles. The molecular formula is C15H21N5O. The first-order valence-electron chi connectivity index (χ1n) is 7.22. The van der Waals surface area contributed by atoms with Gasteiger partial charge in [0.05, 0.1) is 18.8 Å².